The molecule has 0 unspecified atom stereocenters. The fourth-order valence-electron chi connectivity index (χ4n) is 3.58. The second kappa shape index (κ2) is 9.54. The number of piperidine rings is 1. The first-order chi connectivity index (χ1) is 14.7. The zero-order chi connectivity index (χ0) is 20.8. The summed E-state index contributed by atoms with van der Waals surface area (Å²) < 4.78 is 24.2. The third-order valence-corrected chi connectivity index (χ3v) is 5.17. The minimum absolute atomic E-state index is 0.301. The van der Waals surface area contributed by atoms with E-state index in [9.17, 15) is 4.39 Å². The van der Waals surface area contributed by atoms with Gasteiger partial charge in [0.1, 0.15) is 17.3 Å². The van der Waals surface area contributed by atoms with Crippen LogP contribution in [0.1, 0.15) is 18.4 Å². The minimum atomic E-state index is -0.301. The number of likely N-dealkylation sites (tertiary alicyclic amines) is 1. The molecule has 2 heterocycles. The number of nitrogens with zero attached hydrogens (tertiary/aromatic N) is 3. The number of methoxy groups -OCH3 is 1. The molecule has 0 atom stereocenters. The zero-order valence-electron chi connectivity index (χ0n) is 16.9. The summed E-state index contributed by atoms with van der Waals surface area (Å²) in [5.74, 6) is 2.13. The molecule has 1 aliphatic heterocycles. The van der Waals surface area contributed by atoms with Crippen LogP contribution in [0.2, 0.25) is 0 Å². The van der Waals surface area contributed by atoms with Crippen LogP contribution in [-0.2, 0) is 6.54 Å². The third kappa shape index (κ3) is 5.24. The first-order valence-electron chi connectivity index (χ1n) is 10.1. The van der Waals surface area contributed by atoms with Gasteiger partial charge < -0.3 is 14.8 Å². The zero-order valence-corrected chi connectivity index (χ0v) is 16.9. The minimum Gasteiger partial charge on any atom is -0.496 e. The van der Waals surface area contributed by atoms with E-state index in [-0.39, 0.29) is 5.82 Å². The van der Waals surface area contributed by atoms with Crippen LogP contribution in [-0.4, -0.2) is 41.1 Å². The summed E-state index contributed by atoms with van der Waals surface area (Å²) in [6.45, 7) is 2.86. The van der Waals surface area contributed by atoms with Gasteiger partial charge in [0, 0.05) is 43.5 Å². The number of hydrogen-bond acceptors (Lipinski definition) is 6. The second-order valence-corrected chi connectivity index (χ2v) is 7.28. The van der Waals surface area contributed by atoms with Gasteiger partial charge in [0.05, 0.1) is 7.11 Å². The van der Waals surface area contributed by atoms with Crippen LogP contribution in [0.25, 0.3) is 0 Å². The number of nitrogens with one attached hydrogen (secondary N) is 1. The molecule has 0 spiro atoms. The van der Waals surface area contributed by atoms with Crippen molar-refractivity contribution in [3.8, 4) is 17.4 Å². The standard InChI is InChI=1S/C23H25FN4O2/c1-29-21-5-3-2-4-17(21)16-28-14-11-19(12-15-28)26-23-25-13-10-22(27-23)30-20-8-6-18(24)7-9-20/h2-10,13,19H,11-12,14-16H2,1H3,(H,25,26,27). The summed E-state index contributed by atoms with van der Waals surface area (Å²) >= 11 is 0. The van der Waals surface area contributed by atoms with E-state index in [4.69, 9.17) is 9.47 Å². The van der Waals surface area contributed by atoms with Crippen LogP contribution in [0.3, 0.4) is 0 Å². The van der Waals surface area contributed by atoms with Gasteiger partial charge in [-0.25, -0.2) is 9.37 Å². The Morgan fingerprint density at radius 3 is 2.60 bits per heavy atom. The summed E-state index contributed by atoms with van der Waals surface area (Å²) in [5, 5.41) is 3.41. The van der Waals surface area contributed by atoms with E-state index in [1.807, 2.05) is 18.2 Å². The van der Waals surface area contributed by atoms with Crippen LogP contribution in [0.4, 0.5) is 10.3 Å². The number of anilines is 1. The summed E-state index contributed by atoms with van der Waals surface area (Å²) in [6, 6.07) is 16.0. The van der Waals surface area contributed by atoms with Crippen molar-refractivity contribution in [1.29, 1.82) is 0 Å². The second-order valence-electron chi connectivity index (χ2n) is 7.28. The Morgan fingerprint density at radius 2 is 1.83 bits per heavy atom. The fraction of sp³-hybridized carbons (Fsp3) is 0.304. The molecule has 0 bridgehead atoms. The molecule has 1 N–H and O–H groups in total. The van der Waals surface area contributed by atoms with Crippen molar-refractivity contribution < 1.29 is 13.9 Å². The Bertz CT molecular complexity index is 959. The maximum Gasteiger partial charge on any atom is 0.226 e. The van der Waals surface area contributed by atoms with Gasteiger partial charge in [0.25, 0.3) is 0 Å². The molecule has 1 saturated heterocycles. The third-order valence-electron chi connectivity index (χ3n) is 5.17. The summed E-state index contributed by atoms with van der Waals surface area (Å²) in [7, 11) is 1.71. The molecule has 156 valence electrons. The Morgan fingerprint density at radius 1 is 1.07 bits per heavy atom. The van der Waals surface area contributed by atoms with Crippen LogP contribution in [0.15, 0.2) is 60.8 Å². The van der Waals surface area contributed by atoms with Crippen molar-refractivity contribution in [2.75, 3.05) is 25.5 Å². The van der Waals surface area contributed by atoms with E-state index in [0.29, 0.717) is 23.6 Å². The lowest BCUT2D eigenvalue weighted by Gasteiger charge is -2.32. The predicted molar refractivity (Wildman–Crippen MR) is 113 cm³/mol. The normalized spacial score (nSPS) is 15.0. The van der Waals surface area contributed by atoms with Crippen molar-refractivity contribution in [3.63, 3.8) is 0 Å². The average Bonchev–Trinajstić information content (AvgIpc) is 2.77. The van der Waals surface area contributed by atoms with Crippen LogP contribution < -0.4 is 14.8 Å². The molecular weight excluding hydrogens is 383 g/mol. The van der Waals surface area contributed by atoms with Crippen molar-refractivity contribution in [3.05, 3.63) is 72.2 Å². The van der Waals surface area contributed by atoms with E-state index in [1.54, 1.807) is 31.5 Å². The lowest BCUT2D eigenvalue weighted by atomic mass is 10.0. The molecule has 30 heavy (non-hydrogen) atoms. The van der Waals surface area contributed by atoms with Crippen molar-refractivity contribution in [2.45, 2.75) is 25.4 Å². The molecule has 1 aliphatic rings. The molecule has 0 saturated carbocycles. The van der Waals surface area contributed by atoms with E-state index >= 15 is 0 Å². The van der Waals surface area contributed by atoms with E-state index < -0.39 is 0 Å². The SMILES string of the molecule is COc1ccccc1CN1CCC(Nc2nccc(Oc3ccc(F)cc3)n2)CC1. The Labute approximate surface area is 175 Å². The molecule has 7 heteroatoms. The molecule has 3 aromatic rings. The molecule has 1 aromatic heterocycles. The number of aromatic nitrogens is 2. The lowest BCUT2D eigenvalue weighted by Crippen LogP contribution is -2.39. The number of ether oxygens (including phenoxy) is 2. The molecule has 0 amide bonds. The Kier molecular flexibility index (Phi) is 6.39. The number of benzene rings is 2. The van der Waals surface area contributed by atoms with Crippen LogP contribution in [0, 0.1) is 5.82 Å². The molecule has 6 nitrogen and oxygen atoms in total. The average molecular weight is 408 g/mol. The largest absolute Gasteiger partial charge is 0.496 e. The van der Waals surface area contributed by atoms with Gasteiger partial charge in [-0.05, 0) is 43.2 Å². The quantitative estimate of drug-likeness (QED) is 0.622. The highest BCUT2D eigenvalue weighted by atomic mass is 19.1. The van der Waals surface area contributed by atoms with E-state index in [0.717, 1.165) is 38.2 Å². The van der Waals surface area contributed by atoms with Gasteiger partial charge in [0.2, 0.25) is 11.8 Å². The number of para-hydroxylation sites is 1. The summed E-state index contributed by atoms with van der Waals surface area (Å²) in [5.41, 5.74) is 1.21. The first kappa shape index (κ1) is 20.1. The molecule has 0 radical (unpaired) electrons. The molecule has 0 aliphatic carbocycles. The van der Waals surface area contributed by atoms with Gasteiger partial charge in [0.15, 0.2) is 0 Å². The van der Waals surface area contributed by atoms with E-state index in [1.165, 1.54) is 17.7 Å². The summed E-state index contributed by atoms with van der Waals surface area (Å²) in [6.07, 6.45) is 3.66. The smallest absolute Gasteiger partial charge is 0.226 e. The highest BCUT2D eigenvalue weighted by molar-refractivity contribution is 5.34. The summed E-state index contributed by atoms with van der Waals surface area (Å²) in [4.78, 5) is 11.2. The monoisotopic (exact) mass is 408 g/mol. The predicted octanol–water partition coefficient (Wildman–Crippen LogP) is 4.49. The topological polar surface area (TPSA) is 59.5 Å². The van der Waals surface area contributed by atoms with Gasteiger partial charge in [-0.2, -0.15) is 4.98 Å². The van der Waals surface area contributed by atoms with Crippen LogP contribution >= 0.6 is 0 Å². The number of hydrogen-bond donors (Lipinski definition) is 1. The highest BCUT2D eigenvalue weighted by Crippen LogP contribution is 2.23. The maximum absolute atomic E-state index is 13.0. The highest BCUT2D eigenvalue weighted by Gasteiger charge is 2.20. The first-order valence-corrected chi connectivity index (χ1v) is 10.1. The van der Waals surface area contributed by atoms with Crippen molar-refractivity contribution in [2.24, 2.45) is 0 Å². The van der Waals surface area contributed by atoms with Gasteiger partial charge >= 0.3 is 0 Å². The fourth-order valence-corrected chi connectivity index (χ4v) is 3.58. The van der Waals surface area contributed by atoms with Gasteiger partial charge in [-0.1, -0.05) is 18.2 Å². The number of halogens is 1. The maximum atomic E-state index is 13.0. The lowest BCUT2D eigenvalue weighted by molar-refractivity contribution is 0.208. The Hall–Kier alpha value is -3.19. The van der Waals surface area contributed by atoms with Crippen LogP contribution in [0.5, 0.6) is 17.4 Å². The number of rotatable bonds is 7. The van der Waals surface area contributed by atoms with Crippen molar-refractivity contribution in [1.82, 2.24) is 14.9 Å². The molecule has 1 fully saturated rings. The van der Waals surface area contributed by atoms with Gasteiger partial charge in [-0.15, -0.1) is 0 Å². The van der Waals surface area contributed by atoms with Gasteiger partial charge in [-0.3, -0.25) is 4.90 Å². The molecular formula is C23H25FN4O2. The molecule has 2 aromatic carbocycles. The molecule has 4 rings (SSSR count). The Balaban J connectivity index is 1.30. The van der Waals surface area contributed by atoms with E-state index in [2.05, 4.69) is 26.3 Å². The van der Waals surface area contributed by atoms with Crippen molar-refractivity contribution >= 4 is 5.95 Å².